The van der Waals surface area contributed by atoms with Crippen molar-refractivity contribution < 1.29 is 14.3 Å². The van der Waals surface area contributed by atoms with Gasteiger partial charge in [-0.25, -0.2) is 4.79 Å². The minimum Gasteiger partial charge on any atom is -0.487 e. The van der Waals surface area contributed by atoms with Crippen molar-refractivity contribution in [3.8, 4) is 5.75 Å². The average Bonchev–Trinajstić information content (AvgIpc) is 2.53. The smallest absolute Gasteiger partial charge is 0.328 e. The zero-order chi connectivity index (χ0) is 14.4. The molecule has 2 aromatic rings. The Morgan fingerprint density at radius 1 is 1.25 bits per heavy atom. The number of carbonyl (C=O) groups excluding carboxylic acids is 1. The van der Waals surface area contributed by atoms with Crippen LogP contribution >= 0.6 is 0 Å². The van der Waals surface area contributed by atoms with Crippen LogP contribution in [0.5, 0.6) is 5.75 Å². The SMILES string of the molecule is COC(=O)C(N)c1ccc(OCc2ccccc2)cn1. The van der Waals surface area contributed by atoms with Crippen LogP contribution in [0.4, 0.5) is 0 Å². The number of rotatable bonds is 5. The van der Waals surface area contributed by atoms with E-state index in [2.05, 4.69) is 9.72 Å². The monoisotopic (exact) mass is 272 g/mol. The number of benzene rings is 1. The normalized spacial score (nSPS) is 11.7. The molecule has 0 spiro atoms. The van der Waals surface area contributed by atoms with E-state index in [0.29, 0.717) is 18.1 Å². The molecule has 0 aliphatic carbocycles. The second-order valence-electron chi connectivity index (χ2n) is 4.19. The highest BCUT2D eigenvalue weighted by Gasteiger charge is 2.17. The molecule has 20 heavy (non-hydrogen) atoms. The van der Waals surface area contributed by atoms with Gasteiger partial charge >= 0.3 is 5.97 Å². The number of nitrogens with two attached hydrogens (primary N) is 1. The van der Waals surface area contributed by atoms with Crippen molar-refractivity contribution in [2.45, 2.75) is 12.6 Å². The molecule has 0 fully saturated rings. The van der Waals surface area contributed by atoms with Gasteiger partial charge < -0.3 is 15.2 Å². The summed E-state index contributed by atoms with van der Waals surface area (Å²) in [5, 5.41) is 0. The lowest BCUT2D eigenvalue weighted by Gasteiger charge is -2.10. The van der Waals surface area contributed by atoms with E-state index in [4.69, 9.17) is 10.5 Å². The summed E-state index contributed by atoms with van der Waals surface area (Å²) < 4.78 is 10.2. The first-order valence-electron chi connectivity index (χ1n) is 6.17. The van der Waals surface area contributed by atoms with Crippen molar-refractivity contribution in [1.82, 2.24) is 4.98 Å². The molecule has 0 aliphatic heterocycles. The lowest BCUT2D eigenvalue weighted by molar-refractivity contribution is -0.142. The summed E-state index contributed by atoms with van der Waals surface area (Å²) in [6.07, 6.45) is 1.54. The second kappa shape index (κ2) is 6.68. The van der Waals surface area contributed by atoms with E-state index in [0.717, 1.165) is 5.56 Å². The highest BCUT2D eigenvalue weighted by Crippen LogP contribution is 2.15. The van der Waals surface area contributed by atoms with Gasteiger partial charge in [0, 0.05) is 0 Å². The Hall–Kier alpha value is -2.40. The highest BCUT2D eigenvalue weighted by atomic mass is 16.5. The number of ether oxygens (including phenoxy) is 2. The quantitative estimate of drug-likeness (QED) is 0.840. The molecule has 1 aromatic heterocycles. The van der Waals surface area contributed by atoms with Gasteiger partial charge in [-0.2, -0.15) is 0 Å². The van der Waals surface area contributed by atoms with Crippen molar-refractivity contribution in [3.05, 3.63) is 59.9 Å². The molecule has 0 amide bonds. The van der Waals surface area contributed by atoms with Crippen LogP contribution in [0.2, 0.25) is 0 Å². The van der Waals surface area contributed by atoms with Crippen LogP contribution in [0.25, 0.3) is 0 Å². The van der Waals surface area contributed by atoms with Crippen LogP contribution < -0.4 is 10.5 Å². The summed E-state index contributed by atoms with van der Waals surface area (Å²) in [7, 11) is 1.29. The molecule has 5 heteroatoms. The van der Waals surface area contributed by atoms with E-state index >= 15 is 0 Å². The predicted octanol–water partition coefficient (Wildman–Crippen LogP) is 1.83. The zero-order valence-corrected chi connectivity index (χ0v) is 11.2. The van der Waals surface area contributed by atoms with Gasteiger partial charge in [-0.3, -0.25) is 4.98 Å². The Bertz CT molecular complexity index is 555. The molecule has 0 saturated carbocycles. The molecule has 0 saturated heterocycles. The van der Waals surface area contributed by atoms with Crippen molar-refractivity contribution >= 4 is 5.97 Å². The molecule has 104 valence electrons. The number of aromatic nitrogens is 1. The van der Waals surface area contributed by atoms with Crippen LogP contribution in [-0.4, -0.2) is 18.1 Å². The maximum absolute atomic E-state index is 11.3. The number of hydrogen-bond acceptors (Lipinski definition) is 5. The molecule has 1 unspecified atom stereocenters. The maximum atomic E-state index is 11.3. The van der Waals surface area contributed by atoms with Crippen LogP contribution in [-0.2, 0) is 16.1 Å². The first kappa shape index (κ1) is 14.0. The Kier molecular flexibility index (Phi) is 4.68. The summed E-state index contributed by atoms with van der Waals surface area (Å²) in [5.41, 5.74) is 7.21. The fraction of sp³-hybridized carbons (Fsp3) is 0.200. The largest absolute Gasteiger partial charge is 0.487 e. The minimum absolute atomic E-state index is 0.448. The third-order valence-electron chi connectivity index (χ3n) is 2.78. The van der Waals surface area contributed by atoms with E-state index in [-0.39, 0.29) is 0 Å². The summed E-state index contributed by atoms with van der Waals surface area (Å²) in [6.45, 7) is 0.463. The lowest BCUT2D eigenvalue weighted by atomic mass is 10.2. The molecule has 0 bridgehead atoms. The van der Waals surface area contributed by atoms with Crippen molar-refractivity contribution in [2.24, 2.45) is 5.73 Å². The number of carbonyl (C=O) groups is 1. The number of esters is 1. The number of hydrogen-bond donors (Lipinski definition) is 1. The van der Waals surface area contributed by atoms with E-state index in [1.807, 2.05) is 30.3 Å². The van der Waals surface area contributed by atoms with Crippen molar-refractivity contribution in [1.29, 1.82) is 0 Å². The Morgan fingerprint density at radius 2 is 2.00 bits per heavy atom. The third kappa shape index (κ3) is 3.55. The van der Waals surface area contributed by atoms with Crippen LogP contribution in [0.3, 0.4) is 0 Å². The Balaban J connectivity index is 1.96. The average molecular weight is 272 g/mol. The van der Waals surface area contributed by atoms with E-state index in [1.54, 1.807) is 18.3 Å². The fourth-order valence-corrected chi connectivity index (χ4v) is 1.65. The molecule has 1 atom stereocenters. The Morgan fingerprint density at radius 3 is 2.60 bits per heavy atom. The van der Waals surface area contributed by atoms with Gasteiger partial charge in [0.25, 0.3) is 0 Å². The maximum Gasteiger partial charge on any atom is 0.328 e. The molecule has 2 rings (SSSR count). The molecular weight excluding hydrogens is 256 g/mol. The van der Waals surface area contributed by atoms with Gasteiger partial charge in [0.2, 0.25) is 0 Å². The second-order valence-corrected chi connectivity index (χ2v) is 4.19. The van der Waals surface area contributed by atoms with Crippen LogP contribution in [0.15, 0.2) is 48.7 Å². The highest BCUT2D eigenvalue weighted by molar-refractivity contribution is 5.76. The van der Waals surface area contributed by atoms with E-state index < -0.39 is 12.0 Å². The third-order valence-corrected chi connectivity index (χ3v) is 2.78. The number of pyridine rings is 1. The number of nitrogens with zero attached hydrogens (tertiary/aromatic N) is 1. The summed E-state index contributed by atoms with van der Waals surface area (Å²) in [6, 6.07) is 12.3. The summed E-state index contributed by atoms with van der Waals surface area (Å²) in [5.74, 6) is 0.102. The van der Waals surface area contributed by atoms with Gasteiger partial charge in [0.05, 0.1) is 19.0 Å². The van der Waals surface area contributed by atoms with E-state index in [1.165, 1.54) is 7.11 Å². The van der Waals surface area contributed by atoms with Crippen molar-refractivity contribution in [2.75, 3.05) is 7.11 Å². The van der Waals surface area contributed by atoms with Gasteiger partial charge in [0.15, 0.2) is 0 Å². The first-order chi connectivity index (χ1) is 9.70. The minimum atomic E-state index is -0.872. The fourth-order valence-electron chi connectivity index (χ4n) is 1.65. The van der Waals surface area contributed by atoms with Crippen LogP contribution in [0, 0.1) is 0 Å². The lowest BCUT2D eigenvalue weighted by Crippen LogP contribution is -2.23. The number of methoxy groups -OCH3 is 1. The van der Waals surface area contributed by atoms with Gasteiger partial charge in [-0.1, -0.05) is 30.3 Å². The first-order valence-corrected chi connectivity index (χ1v) is 6.17. The molecule has 1 aromatic carbocycles. The topological polar surface area (TPSA) is 74.4 Å². The van der Waals surface area contributed by atoms with Gasteiger partial charge in [0.1, 0.15) is 18.4 Å². The molecule has 0 aliphatic rings. The molecule has 1 heterocycles. The van der Waals surface area contributed by atoms with E-state index in [9.17, 15) is 4.79 Å². The predicted molar refractivity (Wildman–Crippen MR) is 74.0 cm³/mol. The van der Waals surface area contributed by atoms with Crippen LogP contribution in [0.1, 0.15) is 17.3 Å². The van der Waals surface area contributed by atoms with Gasteiger partial charge in [-0.05, 0) is 17.7 Å². The Labute approximate surface area is 117 Å². The molecule has 2 N–H and O–H groups in total. The zero-order valence-electron chi connectivity index (χ0n) is 11.2. The van der Waals surface area contributed by atoms with Crippen molar-refractivity contribution in [3.63, 3.8) is 0 Å². The standard InChI is InChI=1S/C15H16N2O3/c1-19-15(18)14(16)13-8-7-12(9-17-13)20-10-11-5-3-2-4-6-11/h2-9,14H,10,16H2,1H3. The molecule has 5 nitrogen and oxygen atoms in total. The molecule has 0 radical (unpaired) electrons. The summed E-state index contributed by atoms with van der Waals surface area (Å²) >= 11 is 0. The summed E-state index contributed by atoms with van der Waals surface area (Å²) in [4.78, 5) is 15.4. The van der Waals surface area contributed by atoms with Gasteiger partial charge in [-0.15, -0.1) is 0 Å². The molecular formula is C15H16N2O3.